The van der Waals surface area contributed by atoms with Crippen LogP contribution in [0.25, 0.3) is 0 Å². The van der Waals surface area contributed by atoms with Crippen molar-refractivity contribution in [3.8, 4) is 11.5 Å². The smallest absolute Gasteiger partial charge is 0.255 e. The van der Waals surface area contributed by atoms with Crippen LogP contribution in [-0.4, -0.2) is 33.9 Å². The molecule has 2 aromatic carbocycles. The van der Waals surface area contributed by atoms with Crippen LogP contribution in [0.1, 0.15) is 43.3 Å². The maximum atomic E-state index is 13.6. The van der Waals surface area contributed by atoms with Crippen molar-refractivity contribution in [2.75, 3.05) is 23.8 Å². The van der Waals surface area contributed by atoms with Gasteiger partial charge in [0.1, 0.15) is 6.04 Å². The molecular formula is C25H26ClN5O3. The number of rotatable bonds is 4. The molecule has 0 saturated carbocycles. The van der Waals surface area contributed by atoms with Crippen LogP contribution in [0.3, 0.4) is 0 Å². The number of hydrogen-bond acceptors (Lipinski definition) is 6. The number of anilines is 2. The second kappa shape index (κ2) is 9.02. The van der Waals surface area contributed by atoms with E-state index in [2.05, 4.69) is 15.6 Å². The van der Waals surface area contributed by atoms with E-state index in [4.69, 9.17) is 26.2 Å². The van der Waals surface area contributed by atoms with E-state index in [0.717, 1.165) is 17.5 Å². The zero-order valence-corrected chi connectivity index (χ0v) is 20.1. The number of carbonyl (C=O) groups is 1. The number of aromatic nitrogens is 3. The Kier molecular flexibility index (Phi) is 5.91. The van der Waals surface area contributed by atoms with Gasteiger partial charge in [0.15, 0.2) is 17.3 Å². The van der Waals surface area contributed by atoms with Crippen LogP contribution in [0.4, 0.5) is 11.6 Å². The third-order valence-electron chi connectivity index (χ3n) is 5.97. The fraction of sp³-hybridized carbons (Fsp3) is 0.320. The third kappa shape index (κ3) is 4.09. The van der Waals surface area contributed by atoms with Crippen molar-refractivity contribution in [3.63, 3.8) is 0 Å². The molecular weight excluding hydrogens is 454 g/mol. The fourth-order valence-electron chi connectivity index (χ4n) is 4.17. The minimum Gasteiger partial charge on any atom is -0.490 e. The minimum atomic E-state index is -0.498. The van der Waals surface area contributed by atoms with Crippen molar-refractivity contribution in [3.05, 3.63) is 69.6 Å². The first-order chi connectivity index (χ1) is 16.4. The maximum Gasteiger partial charge on any atom is 0.255 e. The second-order valence-electron chi connectivity index (χ2n) is 8.39. The Morgan fingerprint density at radius 2 is 1.97 bits per heavy atom. The minimum absolute atomic E-state index is 0.249. The van der Waals surface area contributed by atoms with Crippen molar-refractivity contribution in [1.82, 2.24) is 14.8 Å². The zero-order valence-electron chi connectivity index (χ0n) is 19.3. The highest BCUT2D eigenvalue weighted by molar-refractivity contribution is 6.31. The van der Waals surface area contributed by atoms with Crippen LogP contribution in [0.2, 0.25) is 5.02 Å². The lowest BCUT2D eigenvalue weighted by Crippen LogP contribution is -2.31. The van der Waals surface area contributed by atoms with E-state index < -0.39 is 6.04 Å². The molecule has 1 aromatic heterocycles. The molecule has 3 heterocycles. The first kappa shape index (κ1) is 22.3. The molecule has 9 heteroatoms. The highest BCUT2D eigenvalue weighted by atomic mass is 35.5. The number of hydrogen-bond donors (Lipinski definition) is 2. The number of allylic oxidation sites excluding steroid dienone is 1. The van der Waals surface area contributed by atoms with Gasteiger partial charge < -0.3 is 20.1 Å². The van der Waals surface area contributed by atoms with Gasteiger partial charge in [-0.05, 0) is 49.2 Å². The molecule has 1 unspecified atom stereocenters. The summed E-state index contributed by atoms with van der Waals surface area (Å²) in [4.78, 5) is 18.2. The summed E-state index contributed by atoms with van der Waals surface area (Å²) in [6.45, 7) is 6.98. The van der Waals surface area contributed by atoms with Crippen LogP contribution >= 0.6 is 11.6 Å². The zero-order chi connectivity index (χ0) is 23.8. The number of halogens is 1. The Hall–Kier alpha value is -3.52. The summed E-state index contributed by atoms with van der Waals surface area (Å²) in [6.07, 6.45) is 1.49. The molecule has 0 spiro atoms. The summed E-state index contributed by atoms with van der Waals surface area (Å²) < 4.78 is 13.5. The van der Waals surface area contributed by atoms with Gasteiger partial charge >= 0.3 is 0 Å². The number of ether oxygens (including phenoxy) is 2. The van der Waals surface area contributed by atoms with Crippen LogP contribution in [0.15, 0.2) is 47.7 Å². The van der Waals surface area contributed by atoms with Crippen LogP contribution in [-0.2, 0) is 11.2 Å². The Balaban J connectivity index is 1.58. The van der Waals surface area contributed by atoms with Crippen LogP contribution in [0, 0.1) is 6.92 Å². The molecule has 2 N–H and O–H groups in total. The summed E-state index contributed by atoms with van der Waals surface area (Å²) >= 11 is 6.28. The van der Waals surface area contributed by atoms with E-state index >= 15 is 0 Å². The number of nitrogens with one attached hydrogen (secondary N) is 2. The third-order valence-corrected chi connectivity index (χ3v) is 6.38. The van der Waals surface area contributed by atoms with Gasteiger partial charge in [0.05, 0.1) is 18.8 Å². The normalized spacial score (nSPS) is 17.0. The summed E-state index contributed by atoms with van der Waals surface area (Å²) in [5.74, 6) is 2.40. The van der Waals surface area contributed by atoms with E-state index in [-0.39, 0.29) is 5.91 Å². The Morgan fingerprint density at radius 1 is 1.18 bits per heavy atom. The molecule has 0 radical (unpaired) electrons. The molecule has 8 nitrogen and oxygen atoms in total. The number of nitrogens with zero attached hydrogens (tertiary/aromatic N) is 3. The Labute approximate surface area is 202 Å². The molecule has 176 valence electrons. The molecule has 1 amide bonds. The lowest BCUT2D eigenvalue weighted by molar-refractivity contribution is -0.113. The van der Waals surface area contributed by atoms with Gasteiger partial charge in [-0.1, -0.05) is 30.7 Å². The summed E-state index contributed by atoms with van der Waals surface area (Å²) in [7, 11) is 0. The Bertz CT molecular complexity index is 1300. The van der Waals surface area contributed by atoms with Gasteiger partial charge in [-0.15, -0.1) is 0 Å². The molecule has 0 bridgehead atoms. The lowest BCUT2D eigenvalue weighted by Gasteiger charge is -2.29. The first-order valence-corrected chi connectivity index (χ1v) is 11.7. The van der Waals surface area contributed by atoms with Crippen LogP contribution in [0.5, 0.6) is 11.5 Å². The summed E-state index contributed by atoms with van der Waals surface area (Å²) in [5.41, 5.74) is 3.66. The summed E-state index contributed by atoms with van der Waals surface area (Å²) in [5, 5.41) is 11.5. The highest BCUT2D eigenvalue weighted by Gasteiger charge is 2.35. The molecule has 5 rings (SSSR count). The SMILES string of the molecule is CCc1nc2n(n1)C(c1ccc3c(c1)OCCCO3)C(C(=O)Nc1ccc(C)c(Cl)c1)=C(C)N2. The number of aryl methyl sites for hydroxylation is 2. The van der Waals surface area contributed by atoms with E-state index in [0.29, 0.717) is 64.9 Å². The van der Waals surface area contributed by atoms with Crippen molar-refractivity contribution < 1.29 is 14.3 Å². The van der Waals surface area contributed by atoms with Crippen molar-refractivity contribution in [2.45, 2.75) is 39.7 Å². The van der Waals surface area contributed by atoms with Crippen molar-refractivity contribution >= 4 is 29.1 Å². The molecule has 0 fully saturated rings. The lowest BCUT2D eigenvalue weighted by atomic mass is 9.94. The van der Waals surface area contributed by atoms with Gasteiger partial charge in [-0.3, -0.25) is 4.79 Å². The molecule has 34 heavy (non-hydrogen) atoms. The molecule has 1 atom stereocenters. The first-order valence-electron chi connectivity index (χ1n) is 11.3. The number of amides is 1. The predicted octanol–water partition coefficient (Wildman–Crippen LogP) is 4.89. The van der Waals surface area contributed by atoms with E-state index in [1.54, 1.807) is 10.7 Å². The highest BCUT2D eigenvalue weighted by Crippen LogP contribution is 2.40. The predicted molar refractivity (Wildman–Crippen MR) is 131 cm³/mol. The van der Waals surface area contributed by atoms with Crippen LogP contribution < -0.4 is 20.1 Å². The molecule has 0 aliphatic carbocycles. The topological polar surface area (TPSA) is 90.3 Å². The second-order valence-corrected chi connectivity index (χ2v) is 8.80. The number of carbonyl (C=O) groups excluding carboxylic acids is 1. The standard InChI is InChI=1S/C25H26ClN5O3/c1-4-21-29-25-27-15(3)22(24(32)28-17-8-6-14(2)18(26)13-17)23(31(25)30-21)16-7-9-19-20(12-16)34-11-5-10-33-19/h6-9,12-13,23H,4-5,10-11H2,1-3H3,(H,28,32)(H,27,29,30). The quantitative estimate of drug-likeness (QED) is 0.553. The molecule has 2 aliphatic rings. The average molecular weight is 480 g/mol. The fourth-order valence-corrected chi connectivity index (χ4v) is 4.35. The monoisotopic (exact) mass is 479 g/mol. The van der Waals surface area contributed by atoms with Gasteiger partial charge in [-0.25, -0.2) is 4.68 Å². The van der Waals surface area contributed by atoms with E-state index in [1.807, 2.05) is 51.1 Å². The van der Waals surface area contributed by atoms with Gasteiger partial charge in [0, 0.05) is 29.2 Å². The van der Waals surface area contributed by atoms with Gasteiger partial charge in [0.25, 0.3) is 5.91 Å². The van der Waals surface area contributed by atoms with Crippen molar-refractivity contribution in [2.24, 2.45) is 0 Å². The molecule has 0 saturated heterocycles. The van der Waals surface area contributed by atoms with E-state index in [9.17, 15) is 4.79 Å². The van der Waals surface area contributed by atoms with Gasteiger partial charge in [0.2, 0.25) is 5.95 Å². The largest absolute Gasteiger partial charge is 0.490 e. The maximum absolute atomic E-state index is 13.6. The summed E-state index contributed by atoms with van der Waals surface area (Å²) in [6, 6.07) is 10.7. The Morgan fingerprint density at radius 3 is 2.74 bits per heavy atom. The van der Waals surface area contributed by atoms with Gasteiger partial charge in [-0.2, -0.15) is 10.1 Å². The van der Waals surface area contributed by atoms with Crippen molar-refractivity contribution in [1.29, 1.82) is 0 Å². The number of benzene rings is 2. The van der Waals surface area contributed by atoms with E-state index in [1.165, 1.54) is 0 Å². The number of fused-ring (bicyclic) bond motifs is 2. The molecule has 3 aromatic rings. The molecule has 2 aliphatic heterocycles. The average Bonchev–Trinajstić information content (AvgIpc) is 3.08.